The number of esters is 2. The summed E-state index contributed by atoms with van der Waals surface area (Å²) in [4.78, 5) is 23.5. The number of phenols is 1. The van der Waals surface area contributed by atoms with Crippen LogP contribution < -0.4 is 9.47 Å². The summed E-state index contributed by atoms with van der Waals surface area (Å²) in [6.07, 6.45) is 11.6. The van der Waals surface area contributed by atoms with Crippen LogP contribution in [0.25, 0.3) is 0 Å². The number of ether oxygens (including phenoxy) is 4. The molecule has 0 bridgehead atoms. The van der Waals surface area contributed by atoms with E-state index in [0.717, 1.165) is 38.5 Å². The summed E-state index contributed by atoms with van der Waals surface area (Å²) in [6.45, 7) is 5.93. The molecule has 1 N–H and O–H groups in total. The van der Waals surface area contributed by atoms with Gasteiger partial charge in [0.1, 0.15) is 17.2 Å². The van der Waals surface area contributed by atoms with E-state index in [1.54, 1.807) is 6.07 Å². The van der Waals surface area contributed by atoms with Crippen LogP contribution in [0.2, 0.25) is 0 Å². The van der Waals surface area contributed by atoms with Crippen molar-refractivity contribution in [2.75, 3.05) is 26.4 Å². The molecule has 34 heavy (non-hydrogen) atoms. The number of rotatable bonds is 21. The van der Waals surface area contributed by atoms with Crippen LogP contribution in [-0.4, -0.2) is 43.5 Å². The molecule has 0 amide bonds. The van der Waals surface area contributed by atoms with Gasteiger partial charge in [0.25, 0.3) is 0 Å². The monoisotopic (exact) mass is 480 g/mol. The molecule has 7 nitrogen and oxygen atoms in total. The van der Waals surface area contributed by atoms with Gasteiger partial charge in [0.05, 0.1) is 26.4 Å². The number of hydrogen-bond donors (Lipinski definition) is 1. The highest BCUT2D eigenvalue weighted by Crippen LogP contribution is 2.27. The van der Waals surface area contributed by atoms with E-state index in [-0.39, 0.29) is 17.7 Å². The molecule has 0 aliphatic carbocycles. The van der Waals surface area contributed by atoms with Crippen molar-refractivity contribution >= 4 is 11.9 Å². The van der Waals surface area contributed by atoms with Crippen LogP contribution in [0, 0.1) is 0 Å². The van der Waals surface area contributed by atoms with Crippen LogP contribution in [0.4, 0.5) is 0 Å². The molecule has 7 heteroatoms. The lowest BCUT2D eigenvalue weighted by Crippen LogP contribution is -2.08. The second kappa shape index (κ2) is 20.0. The van der Waals surface area contributed by atoms with Gasteiger partial charge in [-0.15, -0.1) is 0 Å². The van der Waals surface area contributed by atoms with Crippen LogP contribution in [-0.2, 0) is 19.1 Å². The number of unbranched alkanes of at least 4 members (excludes halogenated alkanes) is 7. The van der Waals surface area contributed by atoms with Gasteiger partial charge in [-0.3, -0.25) is 9.59 Å². The minimum atomic E-state index is -0.213. The Labute approximate surface area is 205 Å². The molecule has 0 heterocycles. The smallest absolute Gasteiger partial charge is 0.305 e. The van der Waals surface area contributed by atoms with Gasteiger partial charge in [0.15, 0.2) is 0 Å². The van der Waals surface area contributed by atoms with Gasteiger partial charge < -0.3 is 24.1 Å². The van der Waals surface area contributed by atoms with E-state index in [2.05, 4.69) is 13.8 Å². The Kier molecular flexibility index (Phi) is 17.4. The highest BCUT2D eigenvalue weighted by atomic mass is 16.5. The standard InChI is InChI=1S/C27H44O7/c1-3-5-7-9-11-17-34-27(30)15-13-19-32-25-21-23(28)20-24(22-25)31-18-12-14-26(29)33-16-10-8-6-4-2/h20-22,28H,3-19H2,1-2H3. The first kappa shape index (κ1) is 29.6. The molecule has 0 spiro atoms. The predicted octanol–water partition coefficient (Wildman–Crippen LogP) is 6.35. The number of carbonyl (C=O) groups excluding carboxylic acids is 2. The third kappa shape index (κ3) is 16.2. The molecule has 0 fully saturated rings. The summed E-state index contributed by atoms with van der Waals surface area (Å²) in [7, 11) is 0. The van der Waals surface area contributed by atoms with E-state index >= 15 is 0 Å². The molecule has 0 unspecified atom stereocenters. The summed E-state index contributed by atoms with van der Waals surface area (Å²) in [6, 6.07) is 4.68. The van der Waals surface area contributed by atoms with E-state index in [1.165, 1.54) is 31.4 Å². The summed E-state index contributed by atoms with van der Waals surface area (Å²) >= 11 is 0. The number of hydrogen-bond acceptors (Lipinski definition) is 7. The Bertz CT molecular complexity index is 675. The highest BCUT2D eigenvalue weighted by molar-refractivity contribution is 5.69. The molecule has 0 atom stereocenters. The number of phenolic OH excluding ortho intramolecular Hbond substituents is 1. The fourth-order valence-electron chi connectivity index (χ4n) is 3.29. The molecular formula is C27H44O7. The van der Waals surface area contributed by atoms with E-state index in [1.807, 2.05) is 0 Å². The molecule has 1 rings (SSSR count). The third-order valence-electron chi connectivity index (χ3n) is 5.22. The molecule has 1 aromatic carbocycles. The van der Waals surface area contributed by atoms with Crippen LogP contribution in [0.1, 0.15) is 97.3 Å². The van der Waals surface area contributed by atoms with Gasteiger partial charge in [-0.25, -0.2) is 0 Å². The summed E-state index contributed by atoms with van der Waals surface area (Å²) < 4.78 is 21.7. The van der Waals surface area contributed by atoms with Crippen molar-refractivity contribution in [2.24, 2.45) is 0 Å². The molecule has 0 saturated carbocycles. The lowest BCUT2D eigenvalue weighted by atomic mass is 10.2. The molecule has 0 aliphatic rings. The van der Waals surface area contributed by atoms with Crippen molar-refractivity contribution in [3.63, 3.8) is 0 Å². The number of aromatic hydroxyl groups is 1. The summed E-state index contributed by atoms with van der Waals surface area (Å²) in [5, 5.41) is 9.91. The first-order chi connectivity index (χ1) is 16.5. The normalized spacial score (nSPS) is 10.6. The number of benzene rings is 1. The third-order valence-corrected chi connectivity index (χ3v) is 5.22. The Morgan fingerprint density at radius 1 is 0.618 bits per heavy atom. The molecule has 0 aliphatic heterocycles. The second-order valence-electron chi connectivity index (χ2n) is 8.48. The van der Waals surface area contributed by atoms with Crippen molar-refractivity contribution in [3.05, 3.63) is 18.2 Å². The maximum Gasteiger partial charge on any atom is 0.305 e. The van der Waals surface area contributed by atoms with Crippen LogP contribution in [0.5, 0.6) is 17.2 Å². The minimum absolute atomic E-state index is 0.0291. The van der Waals surface area contributed by atoms with Crippen LogP contribution >= 0.6 is 0 Å². The van der Waals surface area contributed by atoms with Crippen molar-refractivity contribution in [1.82, 2.24) is 0 Å². The first-order valence-corrected chi connectivity index (χ1v) is 13.0. The van der Waals surface area contributed by atoms with Crippen LogP contribution in [0.15, 0.2) is 18.2 Å². The van der Waals surface area contributed by atoms with E-state index in [9.17, 15) is 14.7 Å². The Morgan fingerprint density at radius 3 is 1.53 bits per heavy atom. The molecule has 0 saturated heterocycles. The van der Waals surface area contributed by atoms with Gasteiger partial charge in [-0.05, 0) is 25.7 Å². The van der Waals surface area contributed by atoms with Crippen molar-refractivity contribution in [1.29, 1.82) is 0 Å². The molecular weight excluding hydrogens is 436 g/mol. The molecule has 0 aromatic heterocycles. The summed E-state index contributed by atoms with van der Waals surface area (Å²) in [5.41, 5.74) is 0. The zero-order chi connectivity index (χ0) is 24.9. The van der Waals surface area contributed by atoms with Gasteiger partial charge >= 0.3 is 11.9 Å². The zero-order valence-corrected chi connectivity index (χ0v) is 21.1. The maximum absolute atomic E-state index is 11.8. The lowest BCUT2D eigenvalue weighted by molar-refractivity contribution is -0.144. The quantitative estimate of drug-likeness (QED) is 0.162. The molecule has 194 valence electrons. The fourth-order valence-corrected chi connectivity index (χ4v) is 3.29. The minimum Gasteiger partial charge on any atom is -0.508 e. The molecule has 0 radical (unpaired) electrons. The van der Waals surface area contributed by atoms with Crippen molar-refractivity contribution < 1.29 is 33.6 Å². The van der Waals surface area contributed by atoms with E-state index in [0.29, 0.717) is 63.6 Å². The van der Waals surface area contributed by atoms with E-state index in [4.69, 9.17) is 18.9 Å². The number of carbonyl (C=O) groups is 2. The Hall–Kier alpha value is -2.44. The highest BCUT2D eigenvalue weighted by Gasteiger charge is 2.07. The predicted molar refractivity (Wildman–Crippen MR) is 132 cm³/mol. The average molecular weight is 481 g/mol. The van der Waals surface area contributed by atoms with Crippen LogP contribution in [0.3, 0.4) is 0 Å². The average Bonchev–Trinajstić information content (AvgIpc) is 2.81. The topological polar surface area (TPSA) is 91.3 Å². The summed E-state index contributed by atoms with van der Waals surface area (Å²) in [5.74, 6) is 0.534. The van der Waals surface area contributed by atoms with Gasteiger partial charge in [-0.1, -0.05) is 58.8 Å². The first-order valence-electron chi connectivity index (χ1n) is 13.0. The van der Waals surface area contributed by atoms with Crippen molar-refractivity contribution in [2.45, 2.75) is 97.3 Å². The molecule has 1 aromatic rings. The fraction of sp³-hybridized carbons (Fsp3) is 0.704. The second-order valence-corrected chi connectivity index (χ2v) is 8.48. The maximum atomic E-state index is 11.8. The van der Waals surface area contributed by atoms with Crippen molar-refractivity contribution in [3.8, 4) is 17.2 Å². The zero-order valence-electron chi connectivity index (χ0n) is 21.1. The largest absolute Gasteiger partial charge is 0.508 e. The van der Waals surface area contributed by atoms with Gasteiger partial charge in [0, 0.05) is 31.0 Å². The SMILES string of the molecule is CCCCCCCOC(=O)CCCOc1cc(O)cc(OCCCC(=O)OCCCCCC)c1. The van der Waals surface area contributed by atoms with E-state index < -0.39 is 0 Å². The Balaban J connectivity index is 2.17. The van der Waals surface area contributed by atoms with Gasteiger partial charge in [0.2, 0.25) is 0 Å². The Morgan fingerprint density at radius 2 is 1.06 bits per heavy atom. The van der Waals surface area contributed by atoms with Gasteiger partial charge in [-0.2, -0.15) is 0 Å². The lowest BCUT2D eigenvalue weighted by Gasteiger charge is -2.11.